The Balaban J connectivity index is 0.931. The van der Waals surface area contributed by atoms with Crippen molar-refractivity contribution in [2.75, 3.05) is 43.9 Å². The number of nitrogens with zero attached hydrogens (tertiary/aromatic N) is 2. The van der Waals surface area contributed by atoms with Crippen LogP contribution in [0.5, 0.6) is 40.2 Å². The molecule has 1 aliphatic rings. The number of ether oxygens (including phenoxy) is 6. The molecule has 17 heteroatoms. The molecular formula is C70H85Cl2N5O10. The highest BCUT2D eigenvalue weighted by Crippen LogP contribution is 2.38. The van der Waals surface area contributed by atoms with Crippen molar-refractivity contribution in [3.05, 3.63) is 160 Å². The van der Waals surface area contributed by atoms with Crippen molar-refractivity contribution in [3.8, 4) is 40.2 Å². The summed E-state index contributed by atoms with van der Waals surface area (Å²) in [4.78, 5) is 44.6. The molecule has 0 bridgehead atoms. The van der Waals surface area contributed by atoms with E-state index in [0.717, 1.165) is 42.7 Å². The van der Waals surface area contributed by atoms with Gasteiger partial charge < -0.3 is 49.9 Å². The first-order valence-electron chi connectivity index (χ1n) is 30.9. The Kier molecular flexibility index (Phi) is 27.8. The Morgan fingerprint density at radius 3 is 1.62 bits per heavy atom. The van der Waals surface area contributed by atoms with Gasteiger partial charge in [0.05, 0.1) is 45.9 Å². The van der Waals surface area contributed by atoms with Crippen LogP contribution < -0.4 is 49.7 Å². The van der Waals surface area contributed by atoms with Crippen LogP contribution in [-0.4, -0.2) is 62.3 Å². The molecule has 0 spiro atoms. The van der Waals surface area contributed by atoms with Gasteiger partial charge in [-0.3, -0.25) is 14.5 Å². The number of benzene rings is 6. The number of amides is 2. The standard InChI is InChI=1S/C70H85Cl2N5O10/c1-4-6-8-10-12-14-16-18-20-22-41-82-52-31-35-54(36-32-52)85-48-74-62-46-66(78)64(75-49-86-55-37-33-53(34-38-55)83-42-23-21-19-17-15-13-11-9-7-5-2)45-63(62)76-51-43-60(71)68(61(72)44-51)84-47-50-27-29-56(30-28-50)87-70(81)77(3)65-26-24-25-58-57(65)39-40-59(67(58)79)69(73)80/h24-40,43-46,74,76,79H,4-23,41-42,47-49H2,1-3H3,(H2,73,80). The van der Waals surface area contributed by atoms with Crippen molar-refractivity contribution in [1.82, 2.24) is 5.32 Å². The number of fused-ring (bicyclic) bond motifs is 1. The number of halogens is 2. The lowest BCUT2D eigenvalue weighted by molar-refractivity contribution is -0.108. The molecule has 0 aromatic heterocycles. The maximum absolute atomic E-state index is 13.6. The fourth-order valence-corrected chi connectivity index (χ4v) is 10.6. The summed E-state index contributed by atoms with van der Waals surface area (Å²) < 4.78 is 35.8. The van der Waals surface area contributed by atoms with Crippen LogP contribution in [0, 0.1) is 0 Å². The summed E-state index contributed by atoms with van der Waals surface area (Å²) in [6.45, 7) is 5.82. The van der Waals surface area contributed by atoms with Gasteiger partial charge >= 0.3 is 6.09 Å². The van der Waals surface area contributed by atoms with Crippen molar-refractivity contribution < 1.29 is 47.9 Å². The minimum Gasteiger partial charge on any atom is -0.506 e. The van der Waals surface area contributed by atoms with Gasteiger partial charge in [-0.25, -0.2) is 9.79 Å². The number of carbonyl (C=O) groups is 3. The van der Waals surface area contributed by atoms with E-state index in [4.69, 9.17) is 57.4 Å². The molecule has 0 saturated heterocycles. The highest BCUT2D eigenvalue weighted by molar-refractivity contribution is 6.49. The minimum atomic E-state index is -0.769. The van der Waals surface area contributed by atoms with Gasteiger partial charge in [0.15, 0.2) is 19.2 Å². The van der Waals surface area contributed by atoms with E-state index in [0.29, 0.717) is 58.3 Å². The highest BCUT2D eigenvalue weighted by atomic mass is 35.5. The summed E-state index contributed by atoms with van der Waals surface area (Å²) in [6, 6.07) is 32.9. The fourth-order valence-electron chi connectivity index (χ4n) is 9.96. The number of rotatable bonds is 39. The number of hydrogen-bond donors (Lipinski definition) is 4. The molecule has 464 valence electrons. The summed E-state index contributed by atoms with van der Waals surface area (Å²) in [6.07, 6.45) is 27.7. The minimum absolute atomic E-state index is 0.0263. The highest BCUT2D eigenvalue weighted by Gasteiger charge is 2.22. The first-order valence-corrected chi connectivity index (χ1v) is 31.6. The van der Waals surface area contributed by atoms with Gasteiger partial charge in [-0.1, -0.05) is 183 Å². The summed E-state index contributed by atoms with van der Waals surface area (Å²) in [5.74, 6) is 1.88. The average molecular weight is 1230 g/mol. The second-order valence-electron chi connectivity index (χ2n) is 21.7. The lowest BCUT2D eigenvalue weighted by Gasteiger charge is -2.21. The van der Waals surface area contributed by atoms with Gasteiger partial charge in [-0.2, -0.15) is 0 Å². The van der Waals surface area contributed by atoms with Crippen LogP contribution in [0.1, 0.15) is 158 Å². The van der Waals surface area contributed by atoms with Crippen molar-refractivity contribution >= 4 is 68.8 Å². The first-order chi connectivity index (χ1) is 42.4. The van der Waals surface area contributed by atoms with E-state index in [1.807, 2.05) is 48.5 Å². The zero-order chi connectivity index (χ0) is 61.6. The molecule has 1 aliphatic carbocycles. The van der Waals surface area contributed by atoms with Gasteiger partial charge in [0.25, 0.3) is 5.91 Å². The van der Waals surface area contributed by atoms with Crippen LogP contribution in [0.25, 0.3) is 10.8 Å². The maximum atomic E-state index is 13.6. The van der Waals surface area contributed by atoms with Crippen LogP contribution >= 0.6 is 23.2 Å². The topological polar surface area (TPSA) is 192 Å². The van der Waals surface area contributed by atoms with E-state index in [1.165, 1.54) is 127 Å². The average Bonchev–Trinajstić information content (AvgIpc) is 3.70. The number of carbonyl (C=O) groups excluding carboxylic acids is 3. The van der Waals surface area contributed by atoms with E-state index in [-0.39, 0.29) is 64.4 Å². The first kappa shape index (κ1) is 66.6. The van der Waals surface area contributed by atoms with Crippen molar-refractivity contribution in [1.29, 1.82) is 0 Å². The molecule has 7 rings (SSSR count). The molecule has 6 aromatic carbocycles. The Morgan fingerprint density at radius 1 is 0.575 bits per heavy atom. The normalized spacial score (nSPS) is 12.6. The number of anilines is 2. The van der Waals surface area contributed by atoms with Crippen LogP contribution in [-0.2, 0) is 11.4 Å². The van der Waals surface area contributed by atoms with E-state index in [2.05, 4.69) is 29.5 Å². The smallest absolute Gasteiger partial charge is 0.419 e. The lowest BCUT2D eigenvalue weighted by Crippen LogP contribution is -2.29. The summed E-state index contributed by atoms with van der Waals surface area (Å²) in [5.41, 5.74) is 8.15. The molecule has 0 radical (unpaired) electrons. The van der Waals surface area contributed by atoms with Crippen LogP contribution in [0.3, 0.4) is 0 Å². The molecule has 0 unspecified atom stereocenters. The number of phenols is 1. The number of allylic oxidation sites excluding steroid dienone is 2. The fraction of sp³-hybridized carbons (Fsp3) is 0.400. The molecule has 2 amide bonds. The molecule has 5 N–H and O–H groups in total. The number of ketones is 1. The number of nitrogens with two attached hydrogens (primary N) is 1. The van der Waals surface area contributed by atoms with Crippen LogP contribution in [0.2, 0.25) is 10.0 Å². The van der Waals surface area contributed by atoms with Crippen LogP contribution in [0.15, 0.2) is 144 Å². The predicted molar refractivity (Wildman–Crippen MR) is 350 cm³/mol. The third kappa shape index (κ3) is 21.8. The number of nitrogens with one attached hydrogen (secondary N) is 2. The molecule has 0 aliphatic heterocycles. The molecule has 0 heterocycles. The zero-order valence-electron chi connectivity index (χ0n) is 50.7. The van der Waals surface area contributed by atoms with E-state index >= 15 is 0 Å². The molecule has 0 fully saturated rings. The quantitative estimate of drug-likeness (QED) is 0.0162. The second kappa shape index (κ2) is 36.3. The number of hydrogen-bond acceptors (Lipinski definition) is 13. The third-order valence-electron chi connectivity index (χ3n) is 14.9. The molecule has 0 atom stereocenters. The SMILES string of the molecule is CCCCCCCCCCCCOc1ccc(OCN=C2C=C(Nc3cc(Cl)c(OCc4ccc(OC(=O)N(C)c5cccc6c(O)c(C(N)=O)ccc56)cc4)c(Cl)c3)C(NCOc3ccc(OCCCCCCCCCCCC)cc3)=CC2=O)cc1. The monoisotopic (exact) mass is 1230 g/mol. The number of aromatic hydroxyl groups is 1. The molecule has 6 aromatic rings. The number of primary amides is 1. The number of aliphatic imine (C=N–C) groups is 1. The largest absolute Gasteiger partial charge is 0.506 e. The van der Waals surface area contributed by atoms with Gasteiger partial charge in [0.2, 0.25) is 5.78 Å². The summed E-state index contributed by atoms with van der Waals surface area (Å²) in [7, 11) is 1.54. The summed E-state index contributed by atoms with van der Waals surface area (Å²) in [5, 5.41) is 18.6. The Labute approximate surface area is 523 Å². The van der Waals surface area contributed by atoms with E-state index in [1.54, 1.807) is 66.7 Å². The molecule has 0 saturated carbocycles. The van der Waals surface area contributed by atoms with Gasteiger partial charge in [-0.15, -0.1) is 0 Å². The van der Waals surface area contributed by atoms with Gasteiger partial charge in [0.1, 0.15) is 46.8 Å². The third-order valence-corrected chi connectivity index (χ3v) is 15.5. The number of unbranched alkanes of at least 4 members (excludes halogenated alkanes) is 18. The Morgan fingerprint density at radius 2 is 1.08 bits per heavy atom. The van der Waals surface area contributed by atoms with Crippen LogP contribution in [0.4, 0.5) is 16.2 Å². The Bertz CT molecular complexity index is 3220. The van der Waals surface area contributed by atoms with Crippen molar-refractivity contribution in [3.63, 3.8) is 0 Å². The molecule has 15 nitrogen and oxygen atoms in total. The maximum Gasteiger partial charge on any atom is 0.419 e. The summed E-state index contributed by atoms with van der Waals surface area (Å²) >= 11 is 13.7. The van der Waals surface area contributed by atoms with E-state index in [9.17, 15) is 19.5 Å². The van der Waals surface area contributed by atoms with Crippen molar-refractivity contribution in [2.24, 2.45) is 10.7 Å². The predicted octanol–water partition coefficient (Wildman–Crippen LogP) is 17.6. The molecule has 87 heavy (non-hydrogen) atoms. The lowest BCUT2D eigenvalue weighted by atomic mass is 10.0. The van der Waals surface area contributed by atoms with E-state index < -0.39 is 12.0 Å². The zero-order valence-corrected chi connectivity index (χ0v) is 52.2. The Hall–Kier alpha value is -7.88. The van der Waals surface area contributed by atoms with Gasteiger partial charge in [0, 0.05) is 29.6 Å². The van der Waals surface area contributed by atoms with Gasteiger partial charge in [-0.05, 0) is 109 Å². The second-order valence-corrected chi connectivity index (χ2v) is 22.5. The molecular weight excluding hydrogens is 1140 g/mol. The van der Waals surface area contributed by atoms with Crippen molar-refractivity contribution in [2.45, 2.75) is 149 Å².